The van der Waals surface area contributed by atoms with E-state index in [1.165, 1.54) is 12.3 Å². The standard InChI is InChI=1S/C19H11BrN2O2/c20-11-4-3-5-12(8-11)22-16-9-17(23)14-10-21-15-7-2-1-6-13(15)18(14)19(16)24/h1-10,22H. The molecule has 0 bridgehead atoms. The van der Waals surface area contributed by atoms with Crippen molar-refractivity contribution in [1.82, 2.24) is 4.98 Å². The molecule has 1 aliphatic rings. The summed E-state index contributed by atoms with van der Waals surface area (Å²) in [4.78, 5) is 29.6. The van der Waals surface area contributed by atoms with Crippen LogP contribution in [0.15, 0.2) is 71.0 Å². The summed E-state index contributed by atoms with van der Waals surface area (Å²) in [6.45, 7) is 0. The highest BCUT2D eigenvalue weighted by Gasteiger charge is 2.28. The molecule has 0 atom stereocenters. The van der Waals surface area contributed by atoms with Crippen molar-refractivity contribution in [1.29, 1.82) is 0 Å². The molecule has 1 heterocycles. The van der Waals surface area contributed by atoms with Crippen LogP contribution in [0.4, 0.5) is 5.69 Å². The van der Waals surface area contributed by atoms with Crippen molar-refractivity contribution in [2.45, 2.75) is 0 Å². The number of carbonyl (C=O) groups excluding carboxylic acids is 2. The molecule has 0 aliphatic heterocycles. The largest absolute Gasteiger partial charge is 0.352 e. The molecule has 116 valence electrons. The van der Waals surface area contributed by atoms with E-state index in [2.05, 4.69) is 26.2 Å². The smallest absolute Gasteiger partial charge is 0.210 e. The van der Waals surface area contributed by atoms with Crippen molar-refractivity contribution in [2.75, 3.05) is 5.32 Å². The maximum Gasteiger partial charge on any atom is 0.210 e. The molecule has 1 aliphatic carbocycles. The third kappa shape index (κ3) is 2.43. The number of allylic oxidation sites excluding steroid dienone is 2. The van der Waals surface area contributed by atoms with E-state index in [-0.39, 0.29) is 17.3 Å². The predicted octanol–water partition coefficient (Wildman–Crippen LogP) is 4.37. The van der Waals surface area contributed by atoms with Crippen LogP contribution in [0.2, 0.25) is 0 Å². The van der Waals surface area contributed by atoms with Gasteiger partial charge in [-0.3, -0.25) is 14.6 Å². The van der Waals surface area contributed by atoms with Gasteiger partial charge in [-0.15, -0.1) is 0 Å². The molecule has 4 rings (SSSR count). The maximum absolute atomic E-state index is 12.9. The highest BCUT2D eigenvalue weighted by Crippen LogP contribution is 2.28. The molecule has 0 radical (unpaired) electrons. The summed E-state index contributed by atoms with van der Waals surface area (Å²) < 4.78 is 0.887. The fourth-order valence-electron chi connectivity index (χ4n) is 2.80. The average Bonchev–Trinajstić information content (AvgIpc) is 2.58. The van der Waals surface area contributed by atoms with Crippen LogP contribution < -0.4 is 5.32 Å². The van der Waals surface area contributed by atoms with E-state index in [0.717, 1.165) is 10.2 Å². The Morgan fingerprint density at radius 1 is 1.00 bits per heavy atom. The molecule has 3 aromatic rings. The minimum atomic E-state index is -0.222. The Balaban J connectivity index is 1.82. The molecular weight excluding hydrogens is 368 g/mol. The number of pyridine rings is 1. The molecule has 2 aromatic carbocycles. The first kappa shape index (κ1) is 14.8. The maximum atomic E-state index is 12.9. The number of nitrogens with one attached hydrogen (secondary N) is 1. The number of aromatic nitrogens is 1. The lowest BCUT2D eigenvalue weighted by molar-refractivity contribution is 0.0986. The summed E-state index contributed by atoms with van der Waals surface area (Å²) in [5.41, 5.74) is 2.45. The number of ketones is 2. The molecule has 0 unspecified atom stereocenters. The Hall–Kier alpha value is -2.79. The molecule has 4 nitrogen and oxygen atoms in total. The minimum Gasteiger partial charge on any atom is -0.352 e. The second-order valence-electron chi connectivity index (χ2n) is 5.45. The van der Waals surface area contributed by atoms with E-state index in [1.807, 2.05) is 48.5 Å². The lowest BCUT2D eigenvalue weighted by Crippen LogP contribution is -2.22. The summed E-state index contributed by atoms with van der Waals surface area (Å²) in [6.07, 6.45) is 2.81. The monoisotopic (exact) mass is 378 g/mol. The van der Waals surface area contributed by atoms with Crippen LogP contribution >= 0.6 is 15.9 Å². The number of hydrogen-bond donors (Lipinski definition) is 1. The highest BCUT2D eigenvalue weighted by molar-refractivity contribution is 9.10. The number of fused-ring (bicyclic) bond motifs is 3. The topological polar surface area (TPSA) is 59.1 Å². The van der Waals surface area contributed by atoms with Gasteiger partial charge in [0.2, 0.25) is 5.78 Å². The van der Waals surface area contributed by atoms with Gasteiger partial charge in [-0.2, -0.15) is 0 Å². The number of benzene rings is 2. The number of hydrogen-bond acceptors (Lipinski definition) is 4. The zero-order chi connectivity index (χ0) is 16.7. The van der Waals surface area contributed by atoms with Gasteiger partial charge in [0.05, 0.1) is 16.8 Å². The van der Waals surface area contributed by atoms with Gasteiger partial charge in [0, 0.05) is 33.4 Å². The molecule has 0 fully saturated rings. The van der Waals surface area contributed by atoms with Crippen LogP contribution in [0.3, 0.4) is 0 Å². The Labute approximate surface area is 146 Å². The third-order valence-corrected chi connectivity index (χ3v) is 4.38. The number of carbonyl (C=O) groups is 2. The molecule has 1 N–H and O–H groups in total. The third-order valence-electron chi connectivity index (χ3n) is 3.89. The fourth-order valence-corrected chi connectivity index (χ4v) is 3.20. The lowest BCUT2D eigenvalue weighted by Gasteiger charge is -2.18. The Kier molecular flexibility index (Phi) is 3.50. The van der Waals surface area contributed by atoms with Crippen LogP contribution in [-0.4, -0.2) is 16.6 Å². The van der Waals surface area contributed by atoms with Crippen molar-refractivity contribution >= 4 is 44.1 Å². The first-order valence-electron chi connectivity index (χ1n) is 7.34. The normalized spacial score (nSPS) is 13.6. The van der Waals surface area contributed by atoms with Gasteiger partial charge in [0.1, 0.15) is 0 Å². The van der Waals surface area contributed by atoms with Crippen molar-refractivity contribution in [3.05, 3.63) is 82.1 Å². The van der Waals surface area contributed by atoms with Gasteiger partial charge in [0.15, 0.2) is 5.78 Å². The van der Waals surface area contributed by atoms with Crippen LogP contribution in [0.25, 0.3) is 10.9 Å². The molecular formula is C19H11BrN2O2. The summed E-state index contributed by atoms with van der Waals surface area (Å²) in [6, 6.07) is 14.8. The fraction of sp³-hybridized carbons (Fsp3) is 0. The van der Waals surface area contributed by atoms with Crippen LogP contribution in [0.5, 0.6) is 0 Å². The number of rotatable bonds is 2. The van der Waals surface area contributed by atoms with Crippen molar-refractivity contribution < 1.29 is 9.59 Å². The van der Waals surface area contributed by atoms with Crippen molar-refractivity contribution in [3.63, 3.8) is 0 Å². The van der Waals surface area contributed by atoms with E-state index < -0.39 is 0 Å². The zero-order valence-corrected chi connectivity index (χ0v) is 14.0. The van der Waals surface area contributed by atoms with E-state index in [9.17, 15) is 9.59 Å². The van der Waals surface area contributed by atoms with Crippen LogP contribution in [-0.2, 0) is 0 Å². The first-order chi connectivity index (χ1) is 11.6. The van der Waals surface area contributed by atoms with Gasteiger partial charge in [-0.05, 0) is 24.3 Å². The van der Waals surface area contributed by atoms with Gasteiger partial charge in [-0.25, -0.2) is 0 Å². The predicted molar refractivity (Wildman–Crippen MR) is 96.3 cm³/mol. The highest BCUT2D eigenvalue weighted by atomic mass is 79.9. The van der Waals surface area contributed by atoms with Crippen LogP contribution in [0.1, 0.15) is 20.7 Å². The SMILES string of the molecule is O=C1C=C(Nc2cccc(Br)c2)C(=O)c2c1cnc1ccccc21. The number of para-hydroxylation sites is 1. The van der Waals surface area contributed by atoms with Crippen molar-refractivity contribution in [2.24, 2.45) is 0 Å². The zero-order valence-electron chi connectivity index (χ0n) is 12.4. The van der Waals surface area contributed by atoms with E-state index >= 15 is 0 Å². The molecule has 5 heteroatoms. The average molecular weight is 379 g/mol. The van der Waals surface area contributed by atoms with Gasteiger partial charge >= 0.3 is 0 Å². The van der Waals surface area contributed by atoms with Gasteiger partial charge in [-0.1, -0.05) is 40.2 Å². The lowest BCUT2D eigenvalue weighted by atomic mass is 9.91. The molecule has 24 heavy (non-hydrogen) atoms. The first-order valence-corrected chi connectivity index (χ1v) is 8.14. The summed E-state index contributed by atoms with van der Waals surface area (Å²) >= 11 is 3.39. The quantitative estimate of drug-likeness (QED) is 0.718. The number of anilines is 1. The minimum absolute atomic E-state index is 0.205. The Bertz CT molecular complexity index is 1040. The summed E-state index contributed by atoms with van der Waals surface area (Å²) in [7, 11) is 0. The van der Waals surface area contributed by atoms with E-state index in [1.54, 1.807) is 0 Å². The number of Topliss-reactive ketones (excluding diaryl/α,β-unsaturated/α-hetero) is 1. The molecule has 0 saturated carbocycles. The van der Waals surface area contributed by atoms with Gasteiger partial charge < -0.3 is 5.32 Å². The van der Waals surface area contributed by atoms with Gasteiger partial charge in [0.25, 0.3) is 0 Å². The number of halogens is 1. The van der Waals surface area contributed by atoms with E-state index in [4.69, 9.17) is 0 Å². The molecule has 1 aromatic heterocycles. The summed E-state index contributed by atoms with van der Waals surface area (Å²) in [5, 5.41) is 3.74. The second kappa shape index (κ2) is 5.69. The van der Waals surface area contributed by atoms with Crippen LogP contribution in [0, 0.1) is 0 Å². The summed E-state index contributed by atoms with van der Waals surface area (Å²) in [5.74, 6) is -0.427. The second-order valence-corrected chi connectivity index (χ2v) is 6.37. The van der Waals surface area contributed by atoms with Crippen molar-refractivity contribution in [3.8, 4) is 0 Å². The molecule has 0 saturated heterocycles. The Morgan fingerprint density at radius 2 is 1.83 bits per heavy atom. The number of nitrogens with zero attached hydrogens (tertiary/aromatic N) is 1. The molecule has 0 amide bonds. The van der Waals surface area contributed by atoms with E-state index in [0.29, 0.717) is 22.0 Å². The Morgan fingerprint density at radius 3 is 2.67 bits per heavy atom. The molecule has 0 spiro atoms.